The van der Waals surface area contributed by atoms with E-state index >= 15 is 0 Å². The molecule has 1 aromatic heterocycles. The first-order valence-corrected chi connectivity index (χ1v) is 5.19. The molecular formula is C14H12N2. The van der Waals surface area contributed by atoms with Crippen LogP contribution in [-0.2, 0) is 0 Å². The Morgan fingerprint density at radius 1 is 1.31 bits per heavy atom. The monoisotopic (exact) mass is 208 g/mol. The Morgan fingerprint density at radius 3 is 2.62 bits per heavy atom. The first-order chi connectivity index (χ1) is 7.69. The molecule has 78 valence electrons. The molecule has 0 radical (unpaired) electrons. The summed E-state index contributed by atoms with van der Waals surface area (Å²) in [5.41, 5.74) is 2.50. The van der Waals surface area contributed by atoms with Crippen molar-refractivity contribution in [3.8, 4) is 18.4 Å². The van der Waals surface area contributed by atoms with Gasteiger partial charge in [0.15, 0.2) is 0 Å². The second-order valence-electron chi connectivity index (χ2n) is 4.00. The molecule has 1 aromatic carbocycles. The summed E-state index contributed by atoms with van der Waals surface area (Å²) in [5.74, 6) is 2.67. The molecule has 1 heterocycles. The number of fused-ring (bicyclic) bond motifs is 1. The van der Waals surface area contributed by atoms with Crippen molar-refractivity contribution in [2.24, 2.45) is 0 Å². The van der Waals surface area contributed by atoms with Gasteiger partial charge in [-0.25, -0.2) is 0 Å². The van der Waals surface area contributed by atoms with Crippen LogP contribution in [0.1, 0.15) is 31.0 Å². The van der Waals surface area contributed by atoms with E-state index < -0.39 is 0 Å². The lowest BCUT2D eigenvalue weighted by Gasteiger charge is -2.10. The number of rotatable bonds is 1. The van der Waals surface area contributed by atoms with Crippen molar-refractivity contribution in [3.63, 3.8) is 0 Å². The molecule has 0 unspecified atom stereocenters. The fraction of sp³-hybridized carbons (Fsp3) is 0.214. The second-order valence-corrected chi connectivity index (χ2v) is 4.00. The molecule has 2 rings (SSSR count). The fourth-order valence-electron chi connectivity index (χ4n) is 1.93. The lowest BCUT2D eigenvalue weighted by atomic mass is 10.1. The molecule has 0 fully saturated rings. The van der Waals surface area contributed by atoms with Gasteiger partial charge in [-0.3, -0.25) is 0 Å². The summed E-state index contributed by atoms with van der Waals surface area (Å²) in [7, 11) is 0. The number of para-hydroxylation sites is 1. The molecule has 0 amide bonds. The molecule has 2 heteroatoms. The van der Waals surface area contributed by atoms with Crippen molar-refractivity contribution in [1.29, 1.82) is 5.26 Å². The van der Waals surface area contributed by atoms with Crippen LogP contribution in [-0.4, -0.2) is 4.57 Å². The predicted molar refractivity (Wildman–Crippen MR) is 65.0 cm³/mol. The minimum Gasteiger partial charge on any atom is -0.343 e. The molecular weight excluding hydrogens is 196 g/mol. The van der Waals surface area contributed by atoms with Gasteiger partial charge >= 0.3 is 0 Å². The van der Waals surface area contributed by atoms with Gasteiger partial charge in [0.1, 0.15) is 6.07 Å². The summed E-state index contributed by atoms with van der Waals surface area (Å²) in [4.78, 5) is 0. The van der Waals surface area contributed by atoms with Gasteiger partial charge < -0.3 is 4.57 Å². The van der Waals surface area contributed by atoms with Gasteiger partial charge in [0.05, 0.1) is 11.1 Å². The zero-order valence-electron chi connectivity index (χ0n) is 9.36. The number of benzene rings is 1. The summed E-state index contributed by atoms with van der Waals surface area (Å²) < 4.78 is 2.06. The third-order valence-electron chi connectivity index (χ3n) is 2.68. The Bertz CT molecular complexity index is 618. The average molecular weight is 208 g/mol. The van der Waals surface area contributed by atoms with Gasteiger partial charge in [-0.2, -0.15) is 5.26 Å². The molecule has 0 saturated heterocycles. The van der Waals surface area contributed by atoms with E-state index in [0.717, 1.165) is 16.5 Å². The number of terminal acetylenes is 1. The van der Waals surface area contributed by atoms with Gasteiger partial charge in [-0.15, -0.1) is 6.42 Å². The summed E-state index contributed by atoms with van der Waals surface area (Å²) in [6.45, 7) is 4.15. The van der Waals surface area contributed by atoms with Crippen molar-refractivity contribution in [2.75, 3.05) is 0 Å². The van der Waals surface area contributed by atoms with Gasteiger partial charge in [-0.1, -0.05) is 18.1 Å². The lowest BCUT2D eigenvalue weighted by Crippen LogP contribution is -1.99. The third-order valence-corrected chi connectivity index (χ3v) is 2.68. The van der Waals surface area contributed by atoms with Crippen LogP contribution in [0.3, 0.4) is 0 Å². The molecule has 0 aliphatic rings. The number of aromatic nitrogens is 1. The zero-order chi connectivity index (χ0) is 11.7. The molecule has 0 saturated carbocycles. The highest BCUT2D eigenvalue weighted by molar-refractivity contribution is 5.91. The van der Waals surface area contributed by atoms with Gasteiger partial charge in [0.2, 0.25) is 0 Å². The van der Waals surface area contributed by atoms with Crippen molar-refractivity contribution in [2.45, 2.75) is 19.9 Å². The molecule has 0 spiro atoms. The molecule has 0 aliphatic heterocycles. The van der Waals surface area contributed by atoms with E-state index in [0.29, 0.717) is 11.6 Å². The quantitative estimate of drug-likeness (QED) is 0.662. The summed E-state index contributed by atoms with van der Waals surface area (Å²) in [6.07, 6.45) is 7.36. The number of nitriles is 1. The molecule has 16 heavy (non-hydrogen) atoms. The van der Waals surface area contributed by atoms with Crippen molar-refractivity contribution in [1.82, 2.24) is 4.57 Å². The topological polar surface area (TPSA) is 28.7 Å². The predicted octanol–water partition coefficient (Wildman–Crippen LogP) is 3.08. The van der Waals surface area contributed by atoms with E-state index in [4.69, 9.17) is 11.7 Å². The summed E-state index contributed by atoms with van der Waals surface area (Å²) in [5, 5.41) is 10.0. The van der Waals surface area contributed by atoms with E-state index in [-0.39, 0.29) is 0 Å². The minimum atomic E-state index is 0.291. The SMILES string of the molecule is C#Cc1cccc2c(C#N)cn(C(C)C)c12. The van der Waals surface area contributed by atoms with Gasteiger partial charge in [-0.05, 0) is 19.9 Å². The first-order valence-electron chi connectivity index (χ1n) is 5.19. The van der Waals surface area contributed by atoms with Crippen LogP contribution in [0.4, 0.5) is 0 Å². The van der Waals surface area contributed by atoms with Crippen LogP contribution in [0, 0.1) is 23.7 Å². The molecule has 2 aromatic rings. The normalized spacial score (nSPS) is 10.3. The van der Waals surface area contributed by atoms with Crippen molar-refractivity contribution in [3.05, 3.63) is 35.5 Å². The maximum Gasteiger partial charge on any atom is 0.101 e. The van der Waals surface area contributed by atoms with Crippen LogP contribution in [0.2, 0.25) is 0 Å². The van der Waals surface area contributed by atoms with Crippen LogP contribution >= 0.6 is 0 Å². The van der Waals surface area contributed by atoms with Gasteiger partial charge in [0.25, 0.3) is 0 Å². The van der Waals surface area contributed by atoms with Crippen LogP contribution in [0.5, 0.6) is 0 Å². The Balaban J connectivity index is 2.94. The zero-order valence-corrected chi connectivity index (χ0v) is 9.36. The van der Waals surface area contributed by atoms with Crippen LogP contribution in [0.25, 0.3) is 10.9 Å². The van der Waals surface area contributed by atoms with E-state index in [1.165, 1.54) is 0 Å². The van der Waals surface area contributed by atoms with E-state index in [1.807, 2.05) is 24.4 Å². The highest BCUT2D eigenvalue weighted by Crippen LogP contribution is 2.26. The van der Waals surface area contributed by atoms with Gasteiger partial charge in [0, 0.05) is 23.2 Å². The van der Waals surface area contributed by atoms with Crippen molar-refractivity contribution < 1.29 is 0 Å². The van der Waals surface area contributed by atoms with Crippen LogP contribution < -0.4 is 0 Å². The molecule has 0 atom stereocenters. The first kappa shape index (κ1) is 10.3. The molecule has 0 bridgehead atoms. The Labute approximate surface area is 95.1 Å². The Hall–Kier alpha value is -2.19. The molecule has 2 nitrogen and oxygen atoms in total. The molecule has 0 aliphatic carbocycles. The minimum absolute atomic E-state index is 0.291. The Morgan fingerprint density at radius 2 is 2.06 bits per heavy atom. The third kappa shape index (κ3) is 1.36. The maximum atomic E-state index is 9.08. The number of hydrogen-bond acceptors (Lipinski definition) is 1. The van der Waals surface area contributed by atoms with E-state index in [1.54, 1.807) is 0 Å². The average Bonchev–Trinajstić information content (AvgIpc) is 2.67. The summed E-state index contributed by atoms with van der Waals surface area (Å²) >= 11 is 0. The maximum absolute atomic E-state index is 9.08. The van der Waals surface area contributed by atoms with E-state index in [2.05, 4.69) is 30.4 Å². The highest BCUT2D eigenvalue weighted by Gasteiger charge is 2.12. The number of nitrogens with zero attached hydrogens (tertiary/aromatic N) is 2. The largest absolute Gasteiger partial charge is 0.343 e. The van der Waals surface area contributed by atoms with Crippen molar-refractivity contribution >= 4 is 10.9 Å². The lowest BCUT2D eigenvalue weighted by molar-refractivity contribution is 0.622. The smallest absolute Gasteiger partial charge is 0.101 e. The number of hydrogen-bond donors (Lipinski definition) is 0. The Kier molecular flexibility index (Phi) is 2.43. The van der Waals surface area contributed by atoms with Crippen LogP contribution in [0.15, 0.2) is 24.4 Å². The highest BCUT2D eigenvalue weighted by atomic mass is 15.0. The summed E-state index contributed by atoms with van der Waals surface area (Å²) in [6, 6.07) is 8.23. The van der Waals surface area contributed by atoms with E-state index in [9.17, 15) is 0 Å². The fourth-order valence-corrected chi connectivity index (χ4v) is 1.93. The molecule has 0 N–H and O–H groups in total. The standard InChI is InChI=1S/C14H12N2/c1-4-11-6-5-7-13-12(8-15)9-16(10(2)3)14(11)13/h1,5-7,9-10H,2-3H3. The second kappa shape index (κ2) is 3.76.